The number of alkyl halides is 4. The zero-order chi connectivity index (χ0) is 26.5. The predicted octanol–water partition coefficient (Wildman–Crippen LogP) is 5.57. The molecule has 1 saturated carbocycles. The number of nitrogens with zero attached hydrogens (tertiary/aromatic N) is 2. The van der Waals surface area contributed by atoms with Gasteiger partial charge in [-0.15, -0.1) is 0 Å². The van der Waals surface area contributed by atoms with Crippen LogP contribution in [0.1, 0.15) is 44.2 Å². The molecule has 2 aromatic heterocycles. The Labute approximate surface area is 207 Å². The molecule has 0 radical (unpaired) electrons. The van der Waals surface area contributed by atoms with Crippen molar-refractivity contribution >= 4 is 22.8 Å². The van der Waals surface area contributed by atoms with Crippen LogP contribution in [0.15, 0.2) is 34.7 Å². The number of benzene rings is 1. The molecule has 2 aliphatic rings. The van der Waals surface area contributed by atoms with Gasteiger partial charge < -0.3 is 14.4 Å². The summed E-state index contributed by atoms with van der Waals surface area (Å²) in [5, 5.41) is 15.3. The molecule has 3 heterocycles. The van der Waals surface area contributed by atoms with Gasteiger partial charge in [-0.1, -0.05) is 18.6 Å². The van der Waals surface area contributed by atoms with E-state index in [9.17, 15) is 32.3 Å². The Morgan fingerprint density at radius 2 is 1.89 bits per heavy atom. The summed E-state index contributed by atoms with van der Waals surface area (Å²) in [6.07, 6.45) is -4.72. The minimum atomic E-state index is -5.52. The Hall–Kier alpha value is -3.44. The molecule has 4 unspecified atom stereocenters. The Kier molecular flexibility index (Phi) is 6.23. The Bertz CT molecular complexity index is 1340. The number of halogens is 5. The molecule has 5 rings (SSSR count). The number of rotatable bonds is 5. The van der Waals surface area contributed by atoms with E-state index < -0.39 is 59.7 Å². The largest absolute Gasteiger partial charge is 0.481 e. The second-order valence-electron chi connectivity index (χ2n) is 9.72. The summed E-state index contributed by atoms with van der Waals surface area (Å²) in [6.45, 7) is 0.124. The second-order valence-corrected chi connectivity index (χ2v) is 9.72. The summed E-state index contributed by atoms with van der Waals surface area (Å²) < 4.78 is 77.9. The number of hydrogen-bond acceptors (Lipinski definition) is 4. The van der Waals surface area contributed by atoms with E-state index in [-0.39, 0.29) is 28.8 Å². The molecule has 198 valence electrons. The minimum Gasteiger partial charge on any atom is -0.481 e. The van der Waals surface area contributed by atoms with E-state index in [1.165, 1.54) is 29.2 Å². The Morgan fingerprint density at radius 3 is 2.57 bits per heavy atom. The van der Waals surface area contributed by atoms with Crippen LogP contribution < -0.4 is 0 Å². The van der Waals surface area contributed by atoms with Crippen LogP contribution in [0.2, 0.25) is 0 Å². The number of carboxylic acid groups (broad SMARTS) is 1. The first-order valence-electron chi connectivity index (χ1n) is 12.0. The molecule has 0 spiro atoms. The third kappa shape index (κ3) is 4.25. The van der Waals surface area contributed by atoms with Crippen LogP contribution in [0.3, 0.4) is 0 Å². The molecular weight excluding hydrogens is 501 g/mol. The number of hydrogen-bond donors (Lipinski definition) is 2. The van der Waals surface area contributed by atoms with Crippen molar-refractivity contribution in [2.24, 2.45) is 11.8 Å². The van der Waals surface area contributed by atoms with Crippen LogP contribution in [0.25, 0.3) is 22.2 Å². The van der Waals surface area contributed by atoms with Gasteiger partial charge in [0.1, 0.15) is 11.5 Å². The first kappa shape index (κ1) is 25.2. The first-order valence-corrected chi connectivity index (χ1v) is 12.0. The normalized spacial score (nSPS) is 24.0. The topological polar surface area (TPSA) is 99.4 Å². The summed E-state index contributed by atoms with van der Waals surface area (Å²) in [6, 6.07) is 4.85. The number of aliphatic carboxylic acids is 1. The average Bonchev–Trinajstić information content (AvgIpc) is 3.49. The number of fused-ring (bicyclic) bond motifs is 2. The van der Waals surface area contributed by atoms with Crippen molar-refractivity contribution in [3.05, 3.63) is 42.0 Å². The molecule has 3 aromatic rings. The zero-order valence-electron chi connectivity index (χ0n) is 19.5. The number of carboxylic acids is 1. The van der Waals surface area contributed by atoms with Gasteiger partial charge >= 0.3 is 12.1 Å². The van der Waals surface area contributed by atoms with Gasteiger partial charge in [-0.25, -0.2) is 4.39 Å². The van der Waals surface area contributed by atoms with Crippen molar-refractivity contribution in [2.45, 2.75) is 56.4 Å². The van der Waals surface area contributed by atoms with E-state index >= 15 is 4.39 Å². The maximum atomic E-state index is 16.3. The van der Waals surface area contributed by atoms with Gasteiger partial charge in [0.15, 0.2) is 0 Å². The summed E-state index contributed by atoms with van der Waals surface area (Å²) in [4.78, 5) is 26.3. The second kappa shape index (κ2) is 9.14. The predicted molar refractivity (Wildman–Crippen MR) is 120 cm³/mol. The third-order valence-corrected chi connectivity index (χ3v) is 7.65. The highest BCUT2D eigenvalue weighted by Gasteiger charge is 2.61. The van der Waals surface area contributed by atoms with E-state index in [0.29, 0.717) is 32.1 Å². The summed E-state index contributed by atoms with van der Waals surface area (Å²) >= 11 is 0. The molecule has 1 amide bonds. The highest BCUT2D eigenvalue weighted by molar-refractivity contribution is 5.96. The highest BCUT2D eigenvalue weighted by Crippen LogP contribution is 2.49. The van der Waals surface area contributed by atoms with Crippen LogP contribution in [0.5, 0.6) is 0 Å². The van der Waals surface area contributed by atoms with Gasteiger partial charge in [-0.3, -0.25) is 14.7 Å². The van der Waals surface area contributed by atoms with Crippen molar-refractivity contribution in [3.8, 4) is 11.3 Å². The molecule has 37 heavy (non-hydrogen) atoms. The standard InChI is InChI=1S/C25H24F5N3O4/c26-19-10-9-18(37-19)15-5-1-7-16-21(15)22(32-31-16)24(27,25(28,29)30)12-20(34)33-11-3-6-13-14(23(35)36)4-2-8-17(13)33/h1,5,7,9-10,13-14,17H,2-4,6,8,11-12H2,(H,31,32)(H,35,36). The Morgan fingerprint density at radius 1 is 1.11 bits per heavy atom. The SMILES string of the molecule is O=C(O)C1CCCC2C1CCCN2C(=O)CC(F)(c1n[nH]c2cccc(-c3ccc(F)o3)c12)C(F)(F)F. The van der Waals surface area contributed by atoms with Crippen LogP contribution in [0.4, 0.5) is 22.0 Å². The van der Waals surface area contributed by atoms with E-state index in [0.717, 1.165) is 6.07 Å². The van der Waals surface area contributed by atoms with E-state index in [4.69, 9.17) is 4.42 Å². The van der Waals surface area contributed by atoms with Gasteiger partial charge in [0.25, 0.3) is 11.7 Å². The number of furan rings is 1. The lowest BCUT2D eigenvalue weighted by molar-refractivity contribution is -0.240. The number of aromatic nitrogens is 2. The highest BCUT2D eigenvalue weighted by atomic mass is 19.4. The monoisotopic (exact) mass is 525 g/mol. The van der Waals surface area contributed by atoms with Crippen molar-refractivity contribution in [3.63, 3.8) is 0 Å². The van der Waals surface area contributed by atoms with Crippen molar-refractivity contribution in [1.82, 2.24) is 15.1 Å². The number of carbonyl (C=O) groups is 2. The zero-order valence-corrected chi connectivity index (χ0v) is 19.5. The third-order valence-electron chi connectivity index (χ3n) is 7.65. The van der Waals surface area contributed by atoms with Crippen LogP contribution in [-0.4, -0.2) is 50.8 Å². The molecule has 1 aromatic carbocycles. The molecule has 1 aliphatic carbocycles. The first-order chi connectivity index (χ1) is 17.5. The lowest BCUT2D eigenvalue weighted by Crippen LogP contribution is -2.55. The average molecular weight is 525 g/mol. The molecule has 2 N–H and O–H groups in total. The van der Waals surface area contributed by atoms with Gasteiger partial charge in [0.05, 0.1) is 17.9 Å². The lowest BCUT2D eigenvalue weighted by Gasteiger charge is -2.47. The van der Waals surface area contributed by atoms with Crippen LogP contribution >= 0.6 is 0 Å². The van der Waals surface area contributed by atoms with Crippen molar-refractivity contribution in [1.29, 1.82) is 0 Å². The summed E-state index contributed by atoms with van der Waals surface area (Å²) in [7, 11) is 0. The number of carbonyl (C=O) groups excluding carboxylic acids is 1. The fraction of sp³-hybridized carbons (Fsp3) is 0.480. The van der Waals surface area contributed by atoms with Gasteiger partial charge in [0.2, 0.25) is 5.91 Å². The number of piperidine rings is 1. The fourth-order valence-electron chi connectivity index (χ4n) is 5.96. The molecular formula is C25H24F5N3O4. The summed E-state index contributed by atoms with van der Waals surface area (Å²) in [5.74, 6) is -3.27. The molecule has 4 atom stereocenters. The molecule has 7 nitrogen and oxygen atoms in total. The summed E-state index contributed by atoms with van der Waals surface area (Å²) in [5.41, 5.74) is -5.18. The molecule has 0 bridgehead atoms. The molecule has 1 saturated heterocycles. The minimum absolute atomic E-state index is 0.0153. The smallest absolute Gasteiger partial charge is 0.428 e. The van der Waals surface area contributed by atoms with E-state index in [1.54, 1.807) is 0 Å². The van der Waals surface area contributed by atoms with Crippen molar-refractivity contribution in [2.75, 3.05) is 6.54 Å². The number of likely N-dealkylation sites (tertiary alicyclic amines) is 1. The van der Waals surface area contributed by atoms with Crippen molar-refractivity contribution < 1.29 is 41.1 Å². The number of H-pyrrole nitrogens is 1. The molecule has 2 fully saturated rings. The quantitative estimate of drug-likeness (QED) is 0.425. The van der Waals surface area contributed by atoms with Crippen LogP contribution in [-0.2, 0) is 15.3 Å². The Balaban J connectivity index is 1.54. The van der Waals surface area contributed by atoms with Gasteiger partial charge in [0, 0.05) is 29.6 Å². The number of nitrogens with one attached hydrogen (secondary N) is 1. The number of aromatic amines is 1. The van der Waals surface area contributed by atoms with E-state index in [1.807, 2.05) is 0 Å². The molecule has 1 aliphatic heterocycles. The maximum Gasteiger partial charge on any atom is 0.428 e. The van der Waals surface area contributed by atoms with Gasteiger partial charge in [-0.2, -0.15) is 22.7 Å². The fourth-order valence-corrected chi connectivity index (χ4v) is 5.96. The number of amides is 1. The molecule has 12 heteroatoms. The van der Waals surface area contributed by atoms with E-state index in [2.05, 4.69) is 10.2 Å². The van der Waals surface area contributed by atoms with Gasteiger partial charge in [-0.05, 0) is 43.7 Å². The lowest BCUT2D eigenvalue weighted by atomic mass is 9.71. The maximum absolute atomic E-state index is 16.3. The van der Waals surface area contributed by atoms with Crippen LogP contribution in [0, 0.1) is 17.8 Å².